The molecule has 0 atom stereocenters. The molecule has 122 valence electrons. The Morgan fingerprint density at radius 1 is 1.17 bits per heavy atom. The van der Waals surface area contributed by atoms with Gasteiger partial charge in [0.05, 0.1) is 13.7 Å². The molecule has 23 heavy (non-hydrogen) atoms. The number of nitrogens with zero attached hydrogens (tertiary/aromatic N) is 2. The molecule has 2 aromatic rings. The molecule has 0 saturated heterocycles. The molecule has 5 heteroatoms. The summed E-state index contributed by atoms with van der Waals surface area (Å²) in [5, 5.41) is 13.2. The Labute approximate surface area is 137 Å². The maximum absolute atomic E-state index is 9.94. The minimum Gasteiger partial charge on any atom is -0.508 e. The standard InChI is InChI=1S/C18H23N3O2/c1-21(2)18(19-12-14-7-5-4-6-8-14)20-13-15-11-16(23-3)9-10-17(15)22/h4-11,22H,12-13H2,1-3H3,(H,19,20). The average molecular weight is 313 g/mol. The number of hydrogen-bond acceptors (Lipinski definition) is 3. The first kappa shape index (κ1) is 16.7. The van der Waals surface area contributed by atoms with Crippen molar-refractivity contribution >= 4 is 5.96 Å². The van der Waals surface area contributed by atoms with Crippen molar-refractivity contribution in [2.24, 2.45) is 4.99 Å². The molecular weight excluding hydrogens is 290 g/mol. The minimum absolute atomic E-state index is 0.236. The fourth-order valence-corrected chi connectivity index (χ4v) is 2.11. The second-order valence-electron chi connectivity index (χ2n) is 5.37. The number of rotatable bonds is 5. The van der Waals surface area contributed by atoms with E-state index in [4.69, 9.17) is 4.74 Å². The number of hydrogen-bond donors (Lipinski definition) is 2. The number of guanidine groups is 1. The maximum Gasteiger partial charge on any atom is 0.194 e. The van der Waals surface area contributed by atoms with Crippen LogP contribution >= 0.6 is 0 Å². The van der Waals surface area contributed by atoms with E-state index in [1.54, 1.807) is 19.2 Å². The van der Waals surface area contributed by atoms with Gasteiger partial charge in [-0.3, -0.25) is 0 Å². The highest BCUT2D eigenvalue weighted by Gasteiger charge is 2.06. The summed E-state index contributed by atoms with van der Waals surface area (Å²) in [7, 11) is 5.47. The molecule has 0 unspecified atom stereocenters. The van der Waals surface area contributed by atoms with E-state index >= 15 is 0 Å². The van der Waals surface area contributed by atoms with Crippen LogP contribution in [0.5, 0.6) is 11.5 Å². The second kappa shape index (κ2) is 8.08. The average Bonchev–Trinajstić information content (AvgIpc) is 2.57. The lowest BCUT2D eigenvalue weighted by atomic mass is 10.2. The number of aromatic hydroxyl groups is 1. The smallest absolute Gasteiger partial charge is 0.194 e. The van der Waals surface area contributed by atoms with E-state index in [-0.39, 0.29) is 5.75 Å². The van der Waals surface area contributed by atoms with Crippen molar-refractivity contribution in [3.63, 3.8) is 0 Å². The predicted octanol–water partition coefficient (Wildman–Crippen LogP) is 2.61. The fraction of sp³-hybridized carbons (Fsp3) is 0.278. The number of phenols is 1. The first-order chi connectivity index (χ1) is 11.1. The van der Waals surface area contributed by atoms with Crippen LogP contribution in [0.25, 0.3) is 0 Å². The van der Waals surface area contributed by atoms with Crippen molar-refractivity contribution < 1.29 is 9.84 Å². The van der Waals surface area contributed by atoms with Crippen LogP contribution in [0.2, 0.25) is 0 Å². The molecule has 0 aliphatic carbocycles. The summed E-state index contributed by atoms with van der Waals surface area (Å²) in [5.74, 6) is 1.71. The molecule has 2 aromatic carbocycles. The second-order valence-corrected chi connectivity index (χ2v) is 5.37. The van der Waals surface area contributed by atoms with Crippen LogP contribution in [-0.4, -0.2) is 37.2 Å². The summed E-state index contributed by atoms with van der Waals surface area (Å²) < 4.78 is 5.19. The van der Waals surface area contributed by atoms with Crippen molar-refractivity contribution in [3.8, 4) is 11.5 Å². The molecule has 0 aliphatic heterocycles. The number of benzene rings is 2. The minimum atomic E-state index is 0.236. The van der Waals surface area contributed by atoms with E-state index < -0.39 is 0 Å². The topological polar surface area (TPSA) is 57.1 Å². The van der Waals surface area contributed by atoms with Crippen LogP contribution in [0, 0.1) is 0 Å². The van der Waals surface area contributed by atoms with E-state index in [0.717, 1.165) is 17.1 Å². The number of ether oxygens (including phenoxy) is 1. The quantitative estimate of drug-likeness (QED) is 0.658. The Kier molecular flexibility index (Phi) is 5.86. The zero-order valence-electron chi connectivity index (χ0n) is 13.8. The van der Waals surface area contributed by atoms with Gasteiger partial charge in [-0.2, -0.15) is 0 Å². The third kappa shape index (κ3) is 4.92. The lowest BCUT2D eigenvalue weighted by Gasteiger charge is -2.18. The number of aliphatic imine (C=N–C) groups is 1. The Morgan fingerprint density at radius 3 is 2.57 bits per heavy atom. The zero-order chi connectivity index (χ0) is 16.7. The normalized spacial score (nSPS) is 11.2. The van der Waals surface area contributed by atoms with Gasteiger partial charge in [0.25, 0.3) is 0 Å². The highest BCUT2D eigenvalue weighted by Crippen LogP contribution is 2.22. The Bertz CT molecular complexity index is 655. The van der Waals surface area contributed by atoms with E-state index in [9.17, 15) is 5.11 Å². The van der Waals surface area contributed by atoms with Crippen LogP contribution in [0.3, 0.4) is 0 Å². The van der Waals surface area contributed by atoms with Crippen molar-refractivity contribution in [1.82, 2.24) is 10.2 Å². The van der Waals surface area contributed by atoms with E-state index in [1.165, 1.54) is 0 Å². The van der Waals surface area contributed by atoms with Crippen LogP contribution in [0.15, 0.2) is 53.5 Å². The first-order valence-electron chi connectivity index (χ1n) is 7.45. The summed E-state index contributed by atoms with van der Waals surface area (Å²) >= 11 is 0. The van der Waals surface area contributed by atoms with Gasteiger partial charge in [-0.05, 0) is 23.8 Å². The first-order valence-corrected chi connectivity index (χ1v) is 7.45. The summed E-state index contributed by atoms with van der Waals surface area (Å²) in [4.78, 5) is 6.52. The SMILES string of the molecule is COc1ccc(O)c(CNC(=NCc2ccccc2)N(C)C)c1. The van der Waals surface area contributed by atoms with Gasteiger partial charge in [0.15, 0.2) is 5.96 Å². The number of nitrogens with one attached hydrogen (secondary N) is 1. The molecule has 0 bridgehead atoms. The monoisotopic (exact) mass is 313 g/mol. The van der Waals surface area contributed by atoms with Crippen LogP contribution in [-0.2, 0) is 13.1 Å². The highest BCUT2D eigenvalue weighted by atomic mass is 16.5. The van der Waals surface area contributed by atoms with Crippen molar-refractivity contribution in [3.05, 3.63) is 59.7 Å². The third-order valence-electron chi connectivity index (χ3n) is 3.40. The largest absolute Gasteiger partial charge is 0.508 e. The molecule has 0 radical (unpaired) electrons. The maximum atomic E-state index is 9.94. The van der Waals surface area contributed by atoms with Gasteiger partial charge in [-0.25, -0.2) is 4.99 Å². The molecule has 0 aromatic heterocycles. The molecule has 2 N–H and O–H groups in total. The summed E-state index contributed by atoms with van der Waals surface area (Å²) in [6.45, 7) is 1.07. The van der Waals surface area contributed by atoms with Gasteiger partial charge in [-0.1, -0.05) is 30.3 Å². The summed E-state index contributed by atoms with van der Waals surface area (Å²) in [6.07, 6.45) is 0. The molecule has 0 amide bonds. The Morgan fingerprint density at radius 2 is 1.91 bits per heavy atom. The third-order valence-corrected chi connectivity index (χ3v) is 3.40. The molecule has 0 fully saturated rings. The molecule has 0 spiro atoms. The van der Waals surface area contributed by atoms with Crippen LogP contribution in [0.4, 0.5) is 0 Å². The van der Waals surface area contributed by atoms with Gasteiger partial charge in [-0.15, -0.1) is 0 Å². The van der Waals surface area contributed by atoms with Gasteiger partial charge >= 0.3 is 0 Å². The highest BCUT2D eigenvalue weighted by molar-refractivity contribution is 5.79. The summed E-state index contributed by atoms with van der Waals surface area (Å²) in [5.41, 5.74) is 1.91. The van der Waals surface area contributed by atoms with Gasteiger partial charge in [0.1, 0.15) is 11.5 Å². The van der Waals surface area contributed by atoms with E-state index in [0.29, 0.717) is 18.8 Å². The zero-order valence-corrected chi connectivity index (χ0v) is 13.8. The van der Waals surface area contributed by atoms with Crippen LogP contribution < -0.4 is 10.1 Å². The lowest BCUT2D eigenvalue weighted by Crippen LogP contribution is -2.36. The predicted molar refractivity (Wildman–Crippen MR) is 92.8 cm³/mol. The van der Waals surface area contributed by atoms with Gasteiger partial charge in [0.2, 0.25) is 0 Å². The van der Waals surface area contributed by atoms with E-state index in [2.05, 4.69) is 10.3 Å². The number of phenolic OH excluding ortho intramolecular Hbond substituents is 1. The Hall–Kier alpha value is -2.69. The molecular formula is C18H23N3O2. The van der Waals surface area contributed by atoms with E-state index in [1.807, 2.05) is 55.4 Å². The molecule has 0 saturated carbocycles. The molecule has 2 rings (SSSR count). The van der Waals surface area contributed by atoms with Gasteiger partial charge in [0, 0.05) is 26.2 Å². The summed E-state index contributed by atoms with van der Waals surface area (Å²) in [6, 6.07) is 15.3. The van der Waals surface area contributed by atoms with Crippen molar-refractivity contribution in [2.45, 2.75) is 13.1 Å². The van der Waals surface area contributed by atoms with Gasteiger partial charge < -0.3 is 20.1 Å². The molecule has 5 nitrogen and oxygen atoms in total. The van der Waals surface area contributed by atoms with Crippen LogP contribution in [0.1, 0.15) is 11.1 Å². The molecule has 0 aliphatic rings. The fourth-order valence-electron chi connectivity index (χ4n) is 2.11. The van der Waals surface area contributed by atoms with Crippen molar-refractivity contribution in [2.75, 3.05) is 21.2 Å². The Balaban J connectivity index is 2.05. The number of methoxy groups -OCH3 is 1. The van der Waals surface area contributed by atoms with Crippen molar-refractivity contribution in [1.29, 1.82) is 0 Å². The lowest BCUT2D eigenvalue weighted by molar-refractivity contribution is 0.410. The molecule has 0 heterocycles.